The Morgan fingerprint density at radius 3 is 2.73 bits per heavy atom. The molecule has 5 heteroatoms. The quantitative estimate of drug-likeness (QED) is 0.860. The van der Waals surface area contributed by atoms with Crippen LogP contribution in [0.4, 0.5) is 0 Å². The van der Waals surface area contributed by atoms with Crippen molar-refractivity contribution in [3.8, 4) is 5.88 Å². The van der Waals surface area contributed by atoms with Crippen molar-refractivity contribution >= 4 is 17.5 Å². The summed E-state index contributed by atoms with van der Waals surface area (Å²) < 4.78 is 5.34. The SMILES string of the molecule is CNC(=O)c1cnc(OC(C)C)c(Cl)c1. The van der Waals surface area contributed by atoms with Crippen molar-refractivity contribution in [3.05, 3.63) is 22.8 Å². The largest absolute Gasteiger partial charge is 0.474 e. The fourth-order valence-corrected chi connectivity index (χ4v) is 1.21. The van der Waals surface area contributed by atoms with Gasteiger partial charge < -0.3 is 10.1 Å². The fourth-order valence-electron chi connectivity index (χ4n) is 1.00. The second kappa shape index (κ2) is 4.98. The van der Waals surface area contributed by atoms with Gasteiger partial charge in [-0.05, 0) is 19.9 Å². The Balaban J connectivity index is 2.93. The van der Waals surface area contributed by atoms with Gasteiger partial charge in [0.2, 0.25) is 5.88 Å². The molecule has 0 fully saturated rings. The number of hydrogen-bond donors (Lipinski definition) is 1. The Labute approximate surface area is 93.6 Å². The summed E-state index contributed by atoms with van der Waals surface area (Å²) in [4.78, 5) is 15.2. The van der Waals surface area contributed by atoms with Gasteiger partial charge in [0.05, 0.1) is 11.7 Å². The van der Waals surface area contributed by atoms with Crippen molar-refractivity contribution in [2.45, 2.75) is 20.0 Å². The van der Waals surface area contributed by atoms with Crippen LogP contribution >= 0.6 is 11.6 Å². The minimum Gasteiger partial charge on any atom is -0.474 e. The van der Waals surface area contributed by atoms with E-state index in [1.165, 1.54) is 12.3 Å². The Hall–Kier alpha value is -1.29. The van der Waals surface area contributed by atoms with Gasteiger partial charge in [-0.3, -0.25) is 4.79 Å². The monoisotopic (exact) mass is 228 g/mol. The number of amides is 1. The second-order valence-electron chi connectivity index (χ2n) is 3.26. The van der Waals surface area contributed by atoms with Crippen LogP contribution in [0.15, 0.2) is 12.3 Å². The van der Waals surface area contributed by atoms with Gasteiger partial charge in [0.25, 0.3) is 5.91 Å². The van der Waals surface area contributed by atoms with Gasteiger partial charge in [-0.1, -0.05) is 11.6 Å². The molecule has 1 aromatic heterocycles. The molecular weight excluding hydrogens is 216 g/mol. The van der Waals surface area contributed by atoms with Crippen LogP contribution in [0.3, 0.4) is 0 Å². The first-order valence-corrected chi connectivity index (χ1v) is 4.96. The van der Waals surface area contributed by atoms with Gasteiger partial charge in [-0.2, -0.15) is 0 Å². The minimum absolute atomic E-state index is 0.000789. The van der Waals surface area contributed by atoms with Crippen LogP contribution in [0.25, 0.3) is 0 Å². The van der Waals surface area contributed by atoms with E-state index in [1.807, 2.05) is 13.8 Å². The molecule has 4 nitrogen and oxygen atoms in total. The van der Waals surface area contributed by atoms with Gasteiger partial charge in [0.15, 0.2) is 0 Å². The highest BCUT2D eigenvalue weighted by Gasteiger charge is 2.10. The van der Waals surface area contributed by atoms with Crippen molar-refractivity contribution in [2.24, 2.45) is 0 Å². The number of pyridine rings is 1. The van der Waals surface area contributed by atoms with Crippen LogP contribution < -0.4 is 10.1 Å². The molecule has 0 saturated heterocycles. The standard InChI is InChI=1S/C10H13ClN2O2/c1-6(2)15-10-8(11)4-7(5-13-10)9(14)12-3/h4-6H,1-3H3,(H,12,14). The third kappa shape index (κ3) is 3.09. The fraction of sp³-hybridized carbons (Fsp3) is 0.400. The Morgan fingerprint density at radius 1 is 1.60 bits per heavy atom. The van der Waals surface area contributed by atoms with Gasteiger partial charge in [-0.25, -0.2) is 4.98 Å². The summed E-state index contributed by atoms with van der Waals surface area (Å²) in [5.41, 5.74) is 0.415. The zero-order valence-corrected chi connectivity index (χ0v) is 9.63. The molecule has 0 radical (unpaired) electrons. The second-order valence-corrected chi connectivity index (χ2v) is 3.66. The first-order chi connectivity index (χ1) is 7.04. The van der Waals surface area contributed by atoms with Gasteiger partial charge in [0.1, 0.15) is 5.02 Å². The molecule has 0 unspecified atom stereocenters. The molecule has 82 valence electrons. The zero-order valence-electron chi connectivity index (χ0n) is 8.87. The number of nitrogens with one attached hydrogen (secondary N) is 1. The molecule has 0 aliphatic heterocycles. The predicted octanol–water partition coefficient (Wildman–Crippen LogP) is 1.88. The maximum atomic E-state index is 11.2. The number of carbonyl (C=O) groups excluding carboxylic acids is 1. The molecule has 0 spiro atoms. The summed E-state index contributed by atoms with van der Waals surface area (Å²) in [6.45, 7) is 3.76. The van der Waals surface area contributed by atoms with E-state index in [0.29, 0.717) is 16.5 Å². The lowest BCUT2D eigenvalue weighted by atomic mass is 10.2. The van der Waals surface area contributed by atoms with Crippen molar-refractivity contribution in [3.63, 3.8) is 0 Å². The van der Waals surface area contributed by atoms with Crippen LogP contribution in [-0.4, -0.2) is 24.0 Å². The molecular formula is C10H13ClN2O2. The summed E-state index contributed by atoms with van der Waals surface area (Å²) in [5.74, 6) is 0.125. The van der Waals surface area contributed by atoms with Gasteiger partial charge >= 0.3 is 0 Å². The molecule has 15 heavy (non-hydrogen) atoms. The van der Waals surface area contributed by atoms with Crippen LogP contribution in [-0.2, 0) is 0 Å². The highest BCUT2D eigenvalue weighted by atomic mass is 35.5. The van der Waals surface area contributed by atoms with E-state index in [-0.39, 0.29) is 12.0 Å². The summed E-state index contributed by atoms with van der Waals surface area (Å²) in [5, 5.41) is 2.83. The molecule has 1 heterocycles. The number of hydrogen-bond acceptors (Lipinski definition) is 3. The Bertz CT molecular complexity index is 366. The molecule has 0 saturated carbocycles. The van der Waals surface area contributed by atoms with E-state index >= 15 is 0 Å². The lowest BCUT2D eigenvalue weighted by molar-refractivity contribution is 0.0962. The third-order valence-electron chi connectivity index (χ3n) is 1.64. The van der Waals surface area contributed by atoms with Crippen LogP contribution in [0.1, 0.15) is 24.2 Å². The average molecular weight is 229 g/mol. The maximum Gasteiger partial charge on any atom is 0.252 e. The number of aromatic nitrogens is 1. The molecule has 0 aromatic carbocycles. The van der Waals surface area contributed by atoms with E-state index in [2.05, 4.69) is 10.3 Å². The number of nitrogens with zero attached hydrogens (tertiary/aromatic N) is 1. The third-order valence-corrected chi connectivity index (χ3v) is 1.91. The highest BCUT2D eigenvalue weighted by Crippen LogP contribution is 2.23. The normalized spacial score (nSPS) is 10.2. The van der Waals surface area contributed by atoms with Crippen molar-refractivity contribution in [2.75, 3.05) is 7.05 Å². The maximum absolute atomic E-state index is 11.2. The van der Waals surface area contributed by atoms with Crippen molar-refractivity contribution in [1.82, 2.24) is 10.3 Å². The van der Waals surface area contributed by atoms with Crippen molar-refractivity contribution in [1.29, 1.82) is 0 Å². The molecule has 1 rings (SSSR count). The Morgan fingerprint density at radius 2 is 2.27 bits per heavy atom. The lowest BCUT2D eigenvalue weighted by Gasteiger charge is -2.10. The highest BCUT2D eigenvalue weighted by molar-refractivity contribution is 6.32. The minimum atomic E-state index is -0.222. The van der Waals surface area contributed by atoms with E-state index < -0.39 is 0 Å². The molecule has 0 atom stereocenters. The van der Waals surface area contributed by atoms with Gasteiger partial charge in [0, 0.05) is 13.2 Å². The Kier molecular flexibility index (Phi) is 3.91. The number of carbonyl (C=O) groups is 1. The predicted molar refractivity (Wildman–Crippen MR) is 58.4 cm³/mol. The van der Waals surface area contributed by atoms with Crippen LogP contribution in [0.2, 0.25) is 5.02 Å². The number of rotatable bonds is 3. The molecule has 0 aliphatic carbocycles. The number of halogens is 1. The molecule has 0 aliphatic rings. The summed E-state index contributed by atoms with van der Waals surface area (Å²) in [7, 11) is 1.55. The van der Waals surface area contributed by atoms with Crippen molar-refractivity contribution < 1.29 is 9.53 Å². The van der Waals surface area contributed by atoms with Gasteiger partial charge in [-0.15, -0.1) is 0 Å². The lowest BCUT2D eigenvalue weighted by Crippen LogP contribution is -2.18. The first-order valence-electron chi connectivity index (χ1n) is 4.59. The van der Waals surface area contributed by atoms with Crippen LogP contribution in [0, 0.1) is 0 Å². The van der Waals surface area contributed by atoms with E-state index in [1.54, 1.807) is 7.05 Å². The molecule has 1 N–H and O–H groups in total. The zero-order chi connectivity index (χ0) is 11.4. The average Bonchev–Trinajstić information content (AvgIpc) is 2.19. The summed E-state index contributed by atoms with van der Waals surface area (Å²) >= 11 is 5.91. The number of ether oxygens (including phenoxy) is 1. The summed E-state index contributed by atoms with van der Waals surface area (Å²) in [6, 6.07) is 1.53. The van der Waals surface area contributed by atoms with E-state index in [0.717, 1.165) is 0 Å². The molecule has 0 bridgehead atoms. The smallest absolute Gasteiger partial charge is 0.252 e. The van der Waals surface area contributed by atoms with E-state index in [4.69, 9.17) is 16.3 Å². The molecule has 1 amide bonds. The topological polar surface area (TPSA) is 51.2 Å². The first kappa shape index (κ1) is 11.8. The van der Waals surface area contributed by atoms with E-state index in [9.17, 15) is 4.79 Å². The summed E-state index contributed by atoms with van der Waals surface area (Å²) in [6.07, 6.45) is 1.43. The van der Waals surface area contributed by atoms with Crippen LogP contribution in [0.5, 0.6) is 5.88 Å². The molecule has 1 aromatic rings.